The summed E-state index contributed by atoms with van der Waals surface area (Å²) in [6, 6.07) is 17.0. The largest absolute Gasteiger partial charge is 0.497 e. The van der Waals surface area contributed by atoms with Crippen molar-refractivity contribution in [3.63, 3.8) is 0 Å². The van der Waals surface area contributed by atoms with Crippen LogP contribution in [-0.4, -0.2) is 36.2 Å². The molecule has 0 bridgehead atoms. The molecule has 0 radical (unpaired) electrons. The summed E-state index contributed by atoms with van der Waals surface area (Å²) in [6.07, 6.45) is 4.51. The van der Waals surface area contributed by atoms with Crippen LogP contribution in [0, 0.1) is 0 Å². The summed E-state index contributed by atoms with van der Waals surface area (Å²) < 4.78 is 5.23. The third kappa shape index (κ3) is 3.88. The van der Waals surface area contributed by atoms with Gasteiger partial charge in [-0.1, -0.05) is 31.2 Å². The van der Waals surface area contributed by atoms with Gasteiger partial charge in [0.2, 0.25) is 5.95 Å². The lowest BCUT2D eigenvalue weighted by Gasteiger charge is -2.24. The molecule has 0 aliphatic carbocycles. The van der Waals surface area contributed by atoms with Gasteiger partial charge in [0.1, 0.15) is 11.6 Å². The van der Waals surface area contributed by atoms with Gasteiger partial charge >= 0.3 is 0 Å². The SMILES string of the molecule is CCC1CCCN1c1nc(NCCc2ccc(OC)cc2)c2ccccc2n1. The average molecular weight is 377 g/mol. The second kappa shape index (κ2) is 8.46. The van der Waals surface area contributed by atoms with Crippen LogP contribution in [0.15, 0.2) is 48.5 Å². The fourth-order valence-corrected chi connectivity index (χ4v) is 3.97. The smallest absolute Gasteiger partial charge is 0.228 e. The van der Waals surface area contributed by atoms with Gasteiger partial charge in [0.15, 0.2) is 0 Å². The van der Waals surface area contributed by atoms with Crippen molar-refractivity contribution in [2.45, 2.75) is 38.6 Å². The predicted octanol–water partition coefficient (Wildman–Crippen LogP) is 4.67. The molecule has 1 aliphatic rings. The topological polar surface area (TPSA) is 50.3 Å². The van der Waals surface area contributed by atoms with E-state index < -0.39 is 0 Å². The summed E-state index contributed by atoms with van der Waals surface area (Å²) in [5.74, 6) is 2.67. The van der Waals surface area contributed by atoms with E-state index in [1.807, 2.05) is 24.3 Å². The van der Waals surface area contributed by atoms with Gasteiger partial charge in [-0.2, -0.15) is 4.98 Å². The first-order valence-corrected chi connectivity index (χ1v) is 10.2. The van der Waals surface area contributed by atoms with Gasteiger partial charge in [-0.25, -0.2) is 4.98 Å². The van der Waals surface area contributed by atoms with Crippen LogP contribution in [-0.2, 0) is 6.42 Å². The Morgan fingerprint density at radius 2 is 1.93 bits per heavy atom. The number of aromatic nitrogens is 2. The molecule has 1 saturated heterocycles. The second-order valence-electron chi connectivity index (χ2n) is 7.31. The van der Waals surface area contributed by atoms with Crippen molar-refractivity contribution in [3.05, 3.63) is 54.1 Å². The highest BCUT2D eigenvalue weighted by molar-refractivity contribution is 5.90. The Morgan fingerprint density at radius 1 is 1.11 bits per heavy atom. The molecule has 1 N–H and O–H groups in total. The van der Waals surface area contributed by atoms with E-state index in [1.165, 1.54) is 18.4 Å². The number of hydrogen-bond donors (Lipinski definition) is 1. The van der Waals surface area contributed by atoms with Gasteiger partial charge in [0, 0.05) is 24.5 Å². The zero-order valence-electron chi connectivity index (χ0n) is 16.7. The maximum Gasteiger partial charge on any atom is 0.228 e. The van der Waals surface area contributed by atoms with Crippen LogP contribution in [0.25, 0.3) is 10.9 Å². The lowest BCUT2D eigenvalue weighted by molar-refractivity contribution is 0.414. The molecule has 28 heavy (non-hydrogen) atoms. The first kappa shape index (κ1) is 18.5. The monoisotopic (exact) mass is 376 g/mol. The molecule has 0 saturated carbocycles. The van der Waals surface area contributed by atoms with Gasteiger partial charge < -0.3 is 15.0 Å². The molecule has 5 nitrogen and oxygen atoms in total. The van der Waals surface area contributed by atoms with Gasteiger partial charge in [-0.05, 0) is 55.5 Å². The summed E-state index contributed by atoms with van der Waals surface area (Å²) in [5.41, 5.74) is 2.28. The Balaban J connectivity index is 1.54. The summed E-state index contributed by atoms with van der Waals surface area (Å²) in [4.78, 5) is 12.2. The summed E-state index contributed by atoms with van der Waals surface area (Å²) in [5, 5.41) is 4.63. The molecular formula is C23H28N4O. The standard InChI is InChI=1S/C23H28N4O/c1-3-18-7-6-16-27(18)23-25-21-9-5-4-8-20(21)22(26-23)24-15-14-17-10-12-19(28-2)13-11-17/h4-5,8-13,18H,3,6-7,14-16H2,1-2H3,(H,24,25,26). The van der Waals surface area contributed by atoms with Crippen LogP contribution < -0.4 is 15.0 Å². The highest BCUT2D eigenvalue weighted by atomic mass is 16.5. The van der Waals surface area contributed by atoms with E-state index in [0.717, 1.165) is 54.3 Å². The minimum atomic E-state index is 0.549. The van der Waals surface area contributed by atoms with Crippen LogP contribution in [0.4, 0.5) is 11.8 Å². The number of methoxy groups -OCH3 is 1. The molecule has 0 spiro atoms. The van der Waals surface area contributed by atoms with E-state index in [4.69, 9.17) is 14.7 Å². The third-order valence-corrected chi connectivity index (χ3v) is 5.56. The van der Waals surface area contributed by atoms with Gasteiger partial charge in [0.05, 0.1) is 12.6 Å². The van der Waals surface area contributed by atoms with Crippen molar-refractivity contribution in [2.75, 3.05) is 30.4 Å². The minimum Gasteiger partial charge on any atom is -0.497 e. The number of nitrogens with zero attached hydrogens (tertiary/aromatic N) is 3. The molecule has 2 aromatic carbocycles. The number of hydrogen-bond acceptors (Lipinski definition) is 5. The summed E-state index contributed by atoms with van der Waals surface area (Å²) in [7, 11) is 1.69. The van der Waals surface area contributed by atoms with Crippen molar-refractivity contribution in [1.82, 2.24) is 9.97 Å². The number of para-hydroxylation sites is 1. The van der Waals surface area contributed by atoms with Gasteiger partial charge in [-0.3, -0.25) is 0 Å². The van der Waals surface area contributed by atoms with Crippen LogP contribution >= 0.6 is 0 Å². The molecule has 1 aliphatic heterocycles. The second-order valence-corrected chi connectivity index (χ2v) is 7.31. The van der Waals surface area contributed by atoms with Crippen molar-refractivity contribution in [2.24, 2.45) is 0 Å². The minimum absolute atomic E-state index is 0.549. The van der Waals surface area contributed by atoms with Crippen molar-refractivity contribution in [3.8, 4) is 5.75 Å². The first-order chi connectivity index (χ1) is 13.8. The fourth-order valence-electron chi connectivity index (χ4n) is 3.97. The lowest BCUT2D eigenvalue weighted by atomic mass is 10.1. The molecule has 1 unspecified atom stereocenters. The Hall–Kier alpha value is -2.82. The highest BCUT2D eigenvalue weighted by Crippen LogP contribution is 2.29. The molecule has 3 aromatic rings. The predicted molar refractivity (Wildman–Crippen MR) is 115 cm³/mol. The number of anilines is 2. The normalized spacial score (nSPS) is 16.5. The molecule has 0 amide bonds. The molecule has 146 valence electrons. The van der Waals surface area contributed by atoms with E-state index in [-0.39, 0.29) is 0 Å². The molecule has 4 rings (SSSR count). The number of benzene rings is 2. The van der Waals surface area contributed by atoms with Crippen molar-refractivity contribution >= 4 is 22.7 Å². The van der Waals surface area contributed by atoms with E-state index in [2.05, 4.69) is 41.4 Å². The summed E-state index contributed by atoms with van der Waals surface area (Å²) >= 11 is 0. The van der Waals surface area contributed by atoms with Crippen molar-refractivity contribution < 1.29 is 4.74 Å². The number of rotatable bonds is 7. The van der Waals surface area contributed by atoms with Crippen LogP contribution in [0.1, 0.15) is 31.7 Å². The number of ether oxygens (including phenoxy) is 1. The lowest BCUT2D eigenvalue weighted by Crippen LogP contribution is -2.30. The molecule has 1 aromatic heterocycles. The summed E-state index contributed by atoms with van der Waals surface area (Å²) in [6.45, 7) is 4.12. The fraction of sp³-hybridized carbons (Fsp3) is 0.391. The first-order valence-electron chi connectivity index (χ1n) is 10.2. The maximum absolute atomic E-state index is 5.23. The van der Waals surface area contributed by atoms with Crippen molar-refractivity contribution in [1.29, 1.82) is 0 Å². The number of nitrogens with one attached hydrogen (secondary N) is 1. The molecule has 1 atom stereocenters. The van der Waals surface area contributed by atoms with E-state index in [0.29, 0.717) is 6.04 Å². The Bertz CT molecular complexity index is 926. The zero-order chi connectivity index (χ0) is 19.3. The molecule has 5 heteroatoms. The Labute approximate surface area is 166 Å². The van der Waals surface area contributed by atoms with Crippen LogP contribution in [0.5, 0.6) is 5.75 Å². The molecule has 2 heterocycles. The Kier molecular flexibility index (Phi) is 5.60. The number of fused-ring (bicyclic) bond motifs is 1. The quantitative estimate of drug-likeness (QED) is 0.649. The third-order valence-electron chi connectivity index (χ3n) is 5.56. The van der Waals surface area contributed by atoms with Crippen LogP contribution in [0.3, 0.4) is 0 Å². The van der Waals surface area contributed by atoms with Gasteiger partial charge in [0.25, 0.3) is 0 Å². The average Bonchev–Trinajstić information content (AvgIpc) is 3.23. The van der Waals surface area contributed by atoms with E-state index in [9.17, 15) is 0 Å². The van der Waals surface area contributed by atoms with Crippen LogP contribution in [0.2, 0.25) is 0 Å². The molecule has 1 fully saturated rings. The maximum atomic E-state index is 5.23. The van der Waals surface area contributed by atoms with E-state index >= 15 is 0 Å². The Morgan fingerprint density at radius 3 is 2.71 bits per heavy atom. The highest BCUT2D eigenvalue weighted by Gasteiger charge is 2.25. The van der Waals surface area contributed by atoms with Gasteiger partial charge in [-0.15, -0.1) is 0 Å². The van der Waals surface area contributed by atoms with E-state index in [1.54, 1.807) is 7.11 Å². The zero-order valence-corrected chi connectivity index (χ0v) is 16.7. The molecular weight excluding hydrogens is 348 g/mol.